The van der Waals surface area contributed by atoms with E-state index < -0.39 is 0 Å². The summed E-state index contributed by atoms with van der Waals surface area (Å²) in [5.74, 6) is 0.499. The molecule has 96 valence electrons. The molecule has 0 saturated heterocycles. The molecule has 1 aliphatic carbocycles. The van der Waals surface area contributed by atoms with E-state index in [0.717, 1.165) is 11.3 Å². The molecule has 2 nitrogen and oxygen atoms in total. The van der Waals surface area contributed by atoms with Gasteiger partial charge in [-0.15, -0.1) is 0 Å². The van der Waals surface area contributed by atoms with E-state index >= 15 is 0 Å². The normalized spacial score (nSPS) is 19.1. The van der Waals surface area contributed by atoms with E-state index in [2.05, 4.69) is 11.1 Å². The summed E-state index contributed by atoms with van der Waals surface area (Å²) in [6.45, 7) is 0. The Balaban J connectivity index is 2.10. The Morgan fingerprint density at radius 2 is 1.61 bits per heavy atom. The van der Waals surface area contributed by atoms with E-state index in [9.17, 15) is 5.26 Å². The third-order valence-electron chi connectivity index (χ3n) is 3.95. The molecule has 1 aliphatic rings. The summed E-state index contributed by atoms with van der Waals surface area (Å²) in [7, 11) is 0. The van der Waals surface area contributed by atoms with Crippen LogP contribution in [0.4, 0.5) is 0 Å². The Hall–Kier alpha value is -1.36. The van der Waals surface area contributed by atoms with Gasteiger partial charge in [-0.2, -0.15) is 5.26 Å². The van der Waals surface area contributed by atoms with Crippen LogP contribution in [0.3, 0.4) is 0 Å². The molecule has 0 radical (unpaired) electrons. The maximum absolute atomic E-state index is 9.19. The molecule has 0 unspecified atom stereocenters. The van der Waals surface area contributed by atoms with Gasteiger partial charge in [0.15, 0.2) is 0 Å². The van der Waals surface area contributed by atoms with Crippen LogP contribution in [0, 0.1) is 11.3 Å². The van der Waals surface area contributed by atoms with Crippen LogP contribution in [0.1, 0.15) is 75.0 Å². The molecular formula is C16H22N2. The van der Waals surface area contributed by atoms with E-state index in [4.69, 9.17) is 0 Å². The fraction of sp³-hybridized carbons (Fsp3) is 0.625. The SMILES string of the molecule is N#Cc1cccnc1C1CCCCCCCCC1. The van der Waals surface area contributed by atoms with Crippen molar-refractivity contribution in [3.8, 4) is 6.07 Å². The van der Waals surface area contributed by atoms with Gasteiger partial charge in [-0.25, -0.2) is 0 Å². The number of rotatable bonds is 1. The standard InChI is InChI=1S/C16H22N2/c17-13-15-11-8-12-18-16(15)14-9-6-4-2-1-3-5-7-10-14/h8,11-12,14H,1-7,9-10H2. The van der Waals surface area contributed by atoms with Gasteiger partial charge in [0.2, 0.25) is 0 Å². The lowest BCUT2D eigenvalue weighted by atomic mass is 9.88. The molecule has 1 heterocycles. The van der Waals surface area contributed by atoms with Crippen molar-refractivity contribution in [2.24, 2.45) is 0 Å². The maximum atomic E-state index is 9.19. The second kappa shape index (κ2) is 7.16. The fourth-order valence-corrected chi connectivity index (χ4v) is 2.92. The molecule has 0 N–H and O–H groups in total. The molecule has 0 bridgehead atoms. The highest BCUT2D eigenvalue weighted by Gasteiger charge is 2.16. The third kappa shape index (κ3) is 3.57. The summed E-state index contributed by atoms with van der Waals surface area (Å²) in [5, 5.41) is 9.19. The van der Waals surface area contributed by atoms with Gasteiger partial charge in [0.1, 0.15) is 6.07 Å². The summed E-state index contributed by atoms with van der Waals surface area (Å²) in [6.07, 6.45) is 13.6. The highest BCUT2D eigenvalue weighted by molar-refractivity contribution is 5.34. The number of nitrogens with zero attached hydrogens (tertiary/aromatic N) is 2. The molecule has 0 aliphatic heterocycles. The Labute approximate surface area is 110 Å². The van der Waals surface area contributed by atoms with Crippen molar-refractivity contribution < 1.29 is 0 Å². The number of hydrogen-bond acceptors (Lipinski definition) is 2. The first-order valence-corrected chi connectivity index (χ1v) is 7.27. The van der Waals surface area contributed by atoms with Gasteiger partial charge in [0.05, 0.1) is 11.3 Å². The fourth-order valence-electron chi connectivity index (χ4n) is 2.92. The highest BCUT2D eigenvalue weighted by atomic mass is 14.7. The highest BCUT2D eigenvalue weighted by Crippen LogP contribution is 2.30. The lowest BCUT2D eigenvalue weighted by molar-refractivity contribution is 0.456. The van der Waals surface area contributed by atoms with E-state index in [1.54, 1.807) is 0 Å². The summed E-state index contributed by atoms with van der Waals surface area (Å²) < 4.78 is 0. The molecule has 2 heteroatoms. The summed E-state index contributed by atoms with van der Waals surface area (Å²) in [4.78, 5) is 4.48. The number of aromatic nitrogens is 1. The zero-order valence-corrected chi connectivity index (χ0v) is 11.1. The van der Waals surface area contributed by atoms with E-state index in [0.29, 0.717) is 5.92 Å². The smallest absolute Gasteiger partial charge is 0.101 e. The molecule has 0 spiro atoms. The van der Waals surface area contributed by atoms with E-state index in [-0.39, 0.29) is 0 Å². The first-order chi connectivity index (χ1) is 8.92. The van der Waals surface area contributed by atoms with Gasteiger partial charge in [0, 0.05) is 12.1 Å². The zero-order valence-electron chi connectivity index (χ0n) is 11.1. The van der Waals surface area contributed by atoms with Crippen molar-refractivity contribution in [3.63, 3.8) is 0 Å². The van der Waals surface area contributed by atoms with Gasteiger partial charge < -0.3 is 0 Å². The monoisotopic (exact) mass is 242 g/mol. The van der Waals surface area contributed by atoms with Crippen molar-refractivity contribution in [3.05, 3.63) is 29.6 Å². The Kier molecular flexibility index (Phi) is 5.20. The number of nitriles is 1. The Morgan fingerprint density at radius 3 is 2.22 bits per heavy atom. The van der Waals surface area contributed by atoms with Gasteiger partial charge in [-0.1, -0.05) is 44.9 Å². The predicted octanol–water partition coefficient (Wildman–Crippen LogP) is 4.56. The van der Waals surface area contributed by atoms with Gasteiger partial charge in [-0.05, 0) is 25.0 Å². The average Bonchev–Trinajstić information content (AvgIpc) is 2.44. The molecule has 1 fully saturated rings. The zero-order chi connectivity index (χ0) is 12.6. The molecule has 2 rings (SSSR count). The minimum absolute atomic E-state index is 0.499. The Morgan fingerprint density at radius 1 is 1.00 bits per heavy atom. The van der Waals surface area contributed by atoms with Crippen LogP contribution in [0.5, 0.6) is 0 Å². The largest absolute Gasteiger partial charge is 0.260 e. The van der Waals surface area contributed by atoms with Crippen LogP contribution in [0.2, 0.25) is 0 Å². The molecule has 0 amide bonds. The summed E-state index contributed by atoms with van der Waals surface area (Å²) in [6, 6.07) is 6.06. The van der Waals surface area contributed by atoms with Crippen molar-refractivity contribution in [1.29, 1.82) is 5.26 Å². The van der Waals surface area contributed by atoms with Crippen LogP contribution in [0.15, 0.2) is 18.3 Å². The minimum atomic E-state index is 0.499. The summed E-state index contributed by atoms with van der Waals surface area (Å²) in [5.41, 5.74) is 1.82. The first-order valence-electron chi connectivity index (χ1n) is 7.27. The van der Waals surface area contributed by atoms with Crippen molar-refractivity contribution >= 4 is 0 Å². The summed E-state index contributed by atoms with van der Waals surface area (Å²) >= 11 is 0. The number of pyridine rings is 1. The van der Waals surface area contributed by atoms with Crippen LogP contribution in [-0.2, 0) is 0 Å². The van der Waals surface area contributed by atoms with Crippen LogP contribution in [-0.4, -0.2) is 4.98 Å². The average molecular weight is 242 g/mol. The van der Waals surface area contributed by atoms with Crippen molar-refractivity contribution in [2.45, 2.75) is 63.7 Å². The molecular weight excluding hydrogens is 220 g/mol. The predicted molar refractivity (Wildman–Crippen MR) is 73.2 cm³/mol. The van der Waals surface area contributed by atoms with Crippen LogP contribution >= 0.6 is 0 Å². The molecule has 0 aromatic carbocycles. The molecule has 18 heavy (non-hydrogen) atoms. The van der Waals surface area contributed by atoms with Gasteiger partial charge in [-0.3, -0.25) is 4.98 Å². The van der Waals surface area contributed by atoms with Crippen molar-refractivity contribution in [2.75, 3.05) is 0 Å². The molecule has 1 saturated carbocycles. The quantitative estimate of drug-likeness (QED) is 0.723. The van der Waals surface area contributed by atoms with Crippen LogP contribution < -0.4 is 0 Å². The molecule has 0 atom stereocenters. The first kappa shape index (κ1) is 13.1. The minimum Gasteiger partial charge on any atom is -0.260 e. The third-order valence-corrected chi connectivity index (χ3v) is 3.95. The Bertz CT molecular complexity index is 396. The van der Waals surface area contributed by atoms with E-state index in [1.165, 1.54) is 57.8 Å². The molecule has 1 aromatic rings. The topological polar surface area (TPSA) is 36.7 Å². The maximum Gasteiger partial charge on any atom is 0.101 e. The molecule has 1 aromatic heterocycles. The lowest BCUT2D eigenvalue weighted by Crippen LogP contribution is -2.05. The van der Waals surface area contributed by atoms with Crippen LogP contribution in [0.25, 0.3) is 0 Å². The number of hydrogen-bond donors (Lipinski definition) is 0. The van der Waals surface area contributed by atoms with Gasteiger partial charge in [0.25, 0.3) is 0 Å². The van der Waals surface area contributed by atoms with E-state index in [1.807, 2.05) is 18.3 Å². The van der Waals surface area contributed by atoms with Gasteiger partial charge >= 0.3 is 0 Å². The second-order valence-corrected chi connectivity index (χ2v) is 5.30. The lowest BCUT2D eigenvalue weighted by Gasteiger charge is -2.18. The second-order valence-electron chi connectivity index (χ2n) is 5.30. The van der Waals surface area contributed by atoms with Crippen molar-refractivity contribution in [1.82, 2.24) is 4.98 Å².